The molecule has 0 spiro atoms. The Bertz CT molecular complexity index is 430. The van der Waals surface area contributed by atoms with Gasteiger partial charge in [0.2, 0.25) is 0 Å². The number of carbonyl (C=O) groups is 1. The summed E-state index contributed by atoms with van der Waals surface area (Å²) < 4.78 is 18.2. The average Bonchev–Trinajstić information content (AvgIpc) is 2.27. The Morgan fingerprint density at radius 1 is 1.59 bits per heavy atom. The molecule has 1 heterocycles. The zero-order valence-corrected chi connectivity index (χ0v) is 9.52. The SMILES string of the molecule is COc1ccc(C(=O)N2CC(CO)C2)cc1F. The minimum Gasteiger partial charge on any atom is -0.494 e. The number of ether oxygens (including phenoxy) is 1. The molecule has 1 aliphatic heterocycles. The van der Waals surface area contributed by atoms with Gasteiger partial charge in [-0.1, -0.05) is 0 Å². The lowest BCUT2D eigenvalue weighted by molar-refractivity contribution is 0.0361. The number of benzene rings is 1. The molecule has 5 heteroatoms. The molecule has 1 N–H and O–H groups in total. The van der Waals surface area contributed by atoms with Gasteiger partial charge in [0.15, 0.2) is 11.6 Å². The Morgan fingerprint density at radius 2 is 2.29 bits per heavy atom. The van der Waals surface area contributed by atoms with E-state index in [1.807, 2.05) is 0 Å². The Kier molecular flexibility index (Phi) is 3.28. The van der Waals surface area contributed by atoms with E-state index < -0.39 is 5.82 Å². The lowest BCUT2D eigenvalue weighted by Crippen LogP contribution is -2.51. The van der Waals surface area contributed by atoms with Gasteiger partial charge in [0.1, 0.15) is 0 Å². The van der Waals surface area contributed by atoms with Crippen LogP contribution < -0.4 is 4.74 Å². The summed E-state index contributed by atoms with van der Waals surface area (Å²) in [5.41, 5.74) is 0.305. The van der Waals surface area contributed by atoms with Crippen molar-refractivity contribution in [2.45, 2.75) is 0 Å². The van der Waals surface area contributed by atoms with Crippen LogP contribution in [-0.2, 0) is 0 Å². The van der Waals surface area contributed by atoms with E-state index in [1.54, 1.807) is 4.90 Å². The van der Waals surface area contributed by atoms with Crippen LogP contribution in [0.1, 0.15) is 10.4 Å². The van der Waals surface area contributed by atoms with Gasteiger partial charge in [0.05, 0.1) is 7.11 Å². The van der Waals surface area contributed by atoms with E-state index in [0.29, 0.717) is 18.7 Å². The second-order valence-electron chi connectivity index (χ2n) is 4.11. The van der Waals surface area contributed by atoms with E-state index in [2.05, 4.69) is 0 Å². The molecule has 1 amide bonds. The van der Waals surface area contributed by atoms with Crippen molar-refractivity contribution < 1.29 is 19.0 Å². The normalized spacial score (nSPS) is 15.6. The Labute approximate surface area is 98.6 Å². The maximum atomic E-state index is 13.4. The lowest BCUT2D eigenvalue weighted by Gasteiger charge is -2.38. The number of rotatable bonds is 3. The number of halogens is 1. The van der Waals surface area contributed by atoms with Crippen LogP contribution in [0.25, 0.3) is 0 Å². The van der Waals surface area contributed by atoms with Gasteiger partial charge in [-0.3, -0.25) is 4.79 Å². The second-order valence-corrected chi connectivity index (χ2v) is 4.11. The fourth-order valence-electron chi connectivity index (χ4n) is 1.83. The number of nitrogens with zero attached hydrogens (tertiary/aromatic N) is 1. The highest BCUT2D eigenvalue weighted by molar-refractivity contribution is 5.94. The lowest BCUT2D eigenvalue weighted by atomic mass is 10.00. The van der Waals surface area contributed by atoms with Crippen molar-refractivity contribution in [1.82, 2.24) is 4.90 Å². The number of carbonyl (C=O) groups excluding carboxylic acids is 1. The molecule has 0 unspecified atom stereocenters. The van der Waals surface area contributed by atoms with E-state index in [-0.39, 0.29) is 24.2 Å². The van der Waals surface area contributed by atoms with Crippen LogP contribution in [0.5, 0.6) is 5.75 Å². The second kappa shape index (κ2) is 4.71. The predicted molar refractivity (Wildman–Crippen MR) is 59.4 cm³/mol. The first-order chi connectivity index (χ1) is 8.15. The summed E-state index contributed by atoms with van der Waals surface area (Å²) in [6, 6.07) is 4.15. The summed E-state index contributed by atoms with van der Waals surface area (Å²) in [6.45, 7) is 1.15. The first-order valence-electron chi connectivity index (χ1n) is 5.39. The van der Waals surface area contributed by atoms with Crippen molar-refractivity contribution in [3.8, 4) is 5.75 Å². The first kappa shape index (κ1) is 11.9. The van der Waals surface area contributed by atoms with Gasteiger partial charge in [0, 0.05) is 31.2 Å². The molecule has 0 saturated carbocycles. The van der Waals surface area contributed by atoms with Crippen LogP contribution in [0.15, 0.2) is 18.2 Å². The number of hydrogen-bond acceptors (Lipinski definition) is 3. The molecule has 0 bridgehead atoms. The van der Waals surface area contributed by atoms with Gasteiger partial charge in [-0.25, -0.2) is 4.39 Å². The fourth-order valence-corrected chi connectivity index (χ4v) is 1.83. The minimum absolute atomic E-state index is 0.0841. The molecule has 0 aromatic heterocycles. The summed E-state index contributed by atoms with van der Waals surface area (Å²) >= 11 is 0. The molecule has 1 fully saturated rings. The summed E-state index contributed by atoms with van der Waals surface area (Å²) in [4.78, 5) is 13.5. The molecule has 1 aromatic rings. The zero-order valence-electron chi connectivity index (χ0n) is 9.52. The number of aliphatic hydroxyl groups is 1. The molecule has 1 aromatic carbocycles. The smallest absolute Gasteiger partial charge is 0.253 e. The highest BCUT2D eigenvalue weighted by Gasteiger charge is 2.30. The average molecular weight is 239 g/mol. The number of likely N-dealkylation sites (tertiary alicyclic amines) is 1. The van der Waals surface area contributed by atoms with Crippen LogP contribution in [0.2, 0.25) is 0 Å². The molecule has 1 aliphatic rings. The van der Waals surface area contributed by atoms with Crippen LogP contribution in [-0.4, -0.2) is 42.7 Å². The molecule has 17 heavy (non-hydrogen) atoms. The molecule has 2 rings (SSSR count). The van der Waals surface area contributed by atoms with Crippen molar-refractivity contribution in [2.75, 3.05) is 26.8 Å². The molecular formula is C12H14FNO3. The van der Waals surface area contributed by atoms with Crippen molar-refractivity contribution in [2.24, 2.45) is 5.92 Å². The number of hydrogen-bond donors (Lipinski definition) is 1. The van der Waals surface area contributed by atoms with Crippen molar-refractivity contribution >= 4 is 5.91 Å². The van der Waals surface area contributed by atoms with Crippen LogP contribution >= 0.6 is 0 Å². The van der Waals surface area contributed by atoms with Gasteiger partial charge < -0.3 is 14.7 Å². The van der Waals surface area contributed by atoms with Gasteiger partial charge >= 0.3 is 0 Å². The molecule has 4 nitrogen and oxygen atoms in total. The molecule has 0 radical (unpaired) electrons. The topological polar surface area (TPSA) is 49.8 Å². The standard InChI is InChI=1S/C12H14FNO3/c1-17-11-3-2-9(4-10(11)13)12(16)14-5-8(6-14)7-15/h2-4,8,15H,5-7H2,1H3. The van der Waals surface area contributed by atoms with E-state index in [0.717, 1.165) is 0 Å². The number of aliphatic hydroxyl groups excluding tert-OH is 1. The predicted octanol–water partition coefficient (Wildman–Crippen LogP) is 0.899. The van der Waals surface area contributed by atoms with Gasteiger partial charge in [-0.2, -0.15) is 0 Å². The molecule has 0 atom stereocenters. The number of methoxy groups -OCH3 is 1. The Hall–Kier alpha value is -1.62. The molecular weight excluding hydrogens is 225 g/mol. The summed E-state index contributed by atoms with van der Waals surface area (Å²) in [5.74, 6) is -0.478. The quantitative estimate of drug-likeness (QED) is 0.852. The van der Waals surface area contributed by atoms with Crippen LogP contribution in [0.4, 0.5) is 4.39 Å². The zero-order chi connectivity index (χ0) is 12.4. The van der Waals surface area contributed by atoms with E-state index in [9.17, 15) is 9.18 Å². The maximum Gasteiger partial charge on any atom is 0.253 e. The first-order valence-corrected chi connectivity index (χ1v) is 5.39. The third-order valence-electron chi connectivity index (χ3n) is 2.90. The maximum absolute atomic E-state index is 13.4. The van der Waals surface area contributed by atoms with Crippen molar-refractivity contribution in [3.63, 3.8) is 0 Å². The van der Waals surface area contributed by atoms with Crippen LogP contribution in [0, 0.1) is 11.7 Å². The highest BCUT2D eigenvalue weighted by atomic mass is 19.1. The molecule has 1 saturated heterocycles. The third-order valence-corrected chi connectivity index (χ3v) is 2.90. The highest BCUT2D eigenvalue weighted by Crippen LogP contribution is 2.22. The minimum atomic E-state index is -0.544. The summed E-state index contributed by atoms with van der Waals surface area (Å²) in [5, 5.41) is 8.85. The van der Waals surface area contributed by atoms with E-state index >= 15 is 0 Å². The van der Waals surface area contributed by atoms with Gasteiger partial charge in [-0.05, 0) is 18.2 Å². The third kappa shape index (κ3) is 2.24. The van der Waals surface area contributed by atoms with Gasteiger partial charge in [0.25, 0.3) is 5.91 Å². The van der Waals surface area contributed by atoms with E-state index in [4.69, 9.17) is 9.84 Å². The van der Waals surface area contributed by atoms with E-state index in [1.165, 1.54) is 25.3 Å². The van der Waals surface area contributed by atoms with Crippen LogP contribution in [0.3, 0.4) is 0 Å². The van der Waals surface area contributed by atoms with Crippen molar-refractivity contribution in [3.05, 3.63) is 29.6 Å². The Balaban J connectivity index is 2.08. The number of amides is 1. The van der Waals surface area contributed by atoms with Crippen molar-refractivity contribution in [1.29, 1.82) is 0 Å². The molecule has 92 valence electrons. The fraction of sp³-hybridized carbons (Fsp3) is 0.417. The summed E-state index contributed by atoms with van der Waals surface area (Å²) in [7, 11) is 1.38. The monoisotopic (exact) mass is 239 g/mol. The largest absolute Gasteiger partial charge is 0.494 e. The summed E-state index contributed by atoms with van der Waals surface area (Å²) in [6.07, 6.45) is 0. The van der Waals surface area contributed by atoms with Gasteiger partial charge in [-0.15, -0.1) is 0 Å². The molecule has 0 aliphatic carbocycles. The Morgan fingerprint density at radius 3 is 2.82 bits per heavy atom.